The smallest absolute Gasteiger partial charge is 0.191 e. The number of nitrogens with one attached hydrogen (secondary N) is 2. The Labute approximate surface area is 144 Å². The molecule has 2 N–H and O–H groups in total. The van der Waals surface area contributed by atoms with Crippen LogP contribution in [-0.4, -0.2) is 51.3 Å². The number of thioether (sulfide) groups is 1. The number of unbranched alkanes of at least 4 members (excludes halogenated alkanes) is 1. The summed E-state index contributed by atoms with van der Waals surface area (Å²) >= 11 is 1.88. The highest BCUT2D eigenvalue weighted by Crippen LogP contribution is 2.16. The first-order chi connectivity index (χ1) is 11.3. The zero-order chi connectivity index (χ0) is 16.8. The van der Waals surface area contributed by atoms with Gasteiger partial charge < -0.3 is 20.1 Å². The Balaban J connectivity index is 2.24. The number of guanidine groups is 1. The van der Waals surface area contributed by atoms with E-state index < -0.39 is 0 Å². The molecule has 130 valence electrons. The van der Waals surface area contributed by atoms with Gasteiger partial charge in [-0.25, -0.2) is 0 Å². The van der Waals surface area contributed by atoms with Crippen LogP contribution >= 0.6 is 11.8 Å². The quantitative estimate of drug-likeness (QED) is 0.369. The summed E-state index contributed by atoms with van der Waals surface area (Å²) < 4.78 is 10.8. The Hall–Kier alpha value is -1.56. The number of rotatable bonds is 11. The van der Waals surface area contributed by atoms with Gasteiger partial charge in [-0.2, -0.15) is 11.8 Å². The lowest BCUT2D eigenvalue weighted by atomic mass is 10.3. The minimum absolute atomic E-state index is 0.587. The Bertz CT molecular complexity index is 438. The number of aliphatic imine (C=N–C) groups is 1. The third-order valence-corrected chi connectivity index (χ3v) is 3.79. The Morgan fingerprint density at radius 1 is 1.13 bits per heavy atom. The van der Waals surface area contributed by atoms with E-state index in [0.29, 0.717) is 13.2 Å². The van der Waals surface area contributed by atoms with Crippen molar-refractivity contribution in [1.29, 1.82) is 0 Å². The van der Waals surface area contributed by atoms with Gasteiger partial charge in [0, 0.05) is 13.1 Å². The summed E-state index contributed by atoms with van der Waals surface area (Å²) in [6, 6.07) is 7.60. The monoisotopic (exact) mass is 339 g/mol. The largest absolute Gasteiger partial charge is 0.497 e. The summed E-state index contributed by atoms with van der Waals surface area (Å²) in [4.78, 5) is 4.57. The Morgan fingerprint density at radius 3 is 2.52 bits per heavy atom. The maximum absolute atomic E-state index is 5.69. The van der Waals surface area contributed by atoms with Gasteiger partial charge in [-0.1, -0.05) is 0 Å². The van der Waals surface area contributed by atoms with Gasteiger partial charge in [0.2, 0.25) is 0 Å². The number of hydrogen-bond donors (Lipinski definition) is 2. The molecule has 0 aliphatic carbocycles. The van der Waals surface area contributed by atoms with E-state index in [4.69, 9.17) is 9.47 Å². The molecule has 0 amide bonds. The standard InChI is InChI=1S/C17H29N3O2S/c1-4-18-17(19-11-5-6-14-23-3)20-12-13-22-16-9-7-15(21-2)8-10-16/h7-10H,4-6,11-14H2,1-3H3,(H2,18,19,20). The number of hydrogen-bond acceptors (Lipinski definition) is 4. The second-order valence-corrected chi connectivity index (χ2v) is 5.90. The lowest BCUT2D eigenvalue weighted by molar-refractivity contribution is 0.321. The molecular weight excluding hydrogens is 310 g/mol. The van der Waals surface area contributed by atoms with E-state index in [1.807, 2.05) is 36.0 Å². The molecule has 0 bridgehead atoms. The van der Waals surface area contributed by atoms with E-state index in [-0.39, 0.29) is 0 Å². The highest BCUT2D eigenvalue weighted by molar-refractivity contribution is 7.98. The molecule has 0 spiro atoms. The van der Waals surface area contributed by atoms with Gasteiger partial charge in [0.05, 0.1) is 13.7 Å². The lowest BCUT2D eigenvalue weighted by Crippen LogP contribution is -2.39. The molecule has 0 saturated heterocycles. The molecule has 0 atom stereocenters. The predicted molar refractivity (Wildman–Crippen MR) is 100 cm³/mol. The van der Waals surface area contributed by atoms with Crippen LogP contribution in [0.4, 0.5) is 0 Å². The zero-order valence-corrected chi connectivity index (χ0v) is 15.2. The van der Waals surface area contributed by atoms with Gasteiger partial charge in [0.15, 0.2) is 5.96 Å². The van der Waals surface area contributed by atoms with Crippen molar-refractivity contribution in [2.75, 3.05) is 45.4 Å². The molecule has 1 aromatic carbocycles. The van der Waals surface area contributed by atoms with Gasteiger partial charge >= 0.3 is 0 Å². The van der Waals surface area contributed by atoms with Crippen molar-refractivity contribution in [2.24, 2.45) is 4.99 Å². The predicted octanol–water partition coefficient (Wildman–Crippen LogP) is 2.77. The van der Waals surface area contributed by atoms with Crippen molar-refractivity contribution in [1.82, 2.24) is 10.6 Å². The molecule has 6 heteroatoms. The van der Waals surface area contributed by atoms with Crippen molar-refractivity contribution < 1.29 is 9.47 Å². The van der Waals surface area contributed by atoms with E-state index in [0.717, 1.165) is 37.0 Å². The molecule has 0 aliphatic rings. The van der Waals surface area contributed by atoms with Gasteiger partial charge in [-0.3, -0.25) is 4.99 Å². The second kappa shape index (κ2) is 12.9. The van der Waals surface area contributed by atoms with E-state index in [2.05, 4.69) is 28.8 Å². The van der Waals surface area contributed by atoms with Crippen LogP contribution in [-0.2, 0) is 0 Å². The molecular formula is C17H29N3O2S. The van der Waals surface area contributed by atoms with E-state index in [9.17, 15) is 0 Å². The van der Waals surface area contributed by atoms with Crippen LogP contribution in [0.5, 0.6) is 11.5 Å². The van der Waals surface area contributed by atoms with Crippen LogP contribution in [0.3, 0.4) is 0 Å². The van der Waals surface area contributed by atoms with E-state index >= 15 is 0 Å². The molecule has 0 radical (unpaired) electrons. The van der Waals surface area contributed by atoms with Crippen molar-refractivity contribution in [2.45, 2.75) is 19.8 Å². The molecule has 1 rings (SSSR count). The van der Waals surface area contributed by atoms with Crippen LogP contribution < -0.4 is 20.1 Å². The average molecular weight is 340 g/mol. The number of ether oxygens (including phenoxy) is 2. The van der Waals surface area contributed by atoms with Crippen molar-refractivity contribution in [3.05, 3.63) is 24.3 Å². The van der Waals surface area contributed by atoms with Crippen LogP contribution in [0.25, 0.3) is 0 Å². The van der Waals surface area contributed by atoms with Crippen molar-refractivity contribution in [3.63, 3.8) is 0 Å². The third kappa shape index (κ3) is 9.23. The molecule has 0 saturated carbocycles. The third-order valence-electron chi connectivity index (χ3n) is 3.09. The highest BCUT2D eigenvalue weighted by atomic mass is 32.2. The number of methoxy groups -OCH3 is 1. The molecule has 0 aromatic heterocycles. The van der Waals surface area contributed by atoms with Gasteiger partial charge in [-0.05, 0) is 56.0 Å². The Kier molecular flexibility index (Phi) is 11.0. The maximum atomic E-state index is 5.69. The van der Waals surface area contributed by atoms with Crippen LogP contribution in [0, 0.1) is 0 Å². The number of nitrogens with zero attached hydrogens (tertiary/aromatic N) is 1. The lowest BCUT2D eigenvalue weighted by Gasteiger charge is -2.12. The minimum atomic E-state index is 0.587. The number of benzene rings is 1. The summed E-state index contributed by atoms with van der Waals surface area (Å²) in [7, 11) is 1.66. The van der Waals surface area contributed by atoms with E-state index in [1.54, 1.807) is 7.11 Å². The minimum Gasteiger partial charge on any atom is -0.497 e. The second-order valence-electron chi connectivity index (χ2n) is 4.91. The van der Waals surface area contributed by atoms with E-state index in [1.165, 1.54) is 12.2 Å². The molecule has 0 unspecified atom stereocenters. The van der Waals surface area contributed by atoms with Gasteiger partial charge in [0.25, 0.3) is 0 Å². The summed E-state index contributed by atoms with van der Waals surface area (Å²) in [6.45, 7) is 5.08. The molecule has 1 aromatic rings. The fourth-order valence-electron chi connectivity index (χ4n) is 1.90. The molecule has 0 fully saturated rings. The summed E-state index contributed by atoms with van der Waals surface area (Å²) in [5.41, 5.74) is 0. The molecule has 0 heterocycles. The fourth-order valence-corrected chi connectivity index (χ4v) is 2.39. The van der Waals surface area contributed by atoms with Crippen LogP contribution in [0.2, 0.25) is 0 Å². The van der Waals surface area contributed by atoms with Crippen LogP contribution in [0.1, 0.15) is 19.8 Å². The maximum Gasteiger partial charge on any atom is 0.191 e. The highest BCUT2D eigenvalue weighted by Gasteiger charge is 1.98. The molecule has 5 nitrogen and oxygen atoms in total. The normalized spacial score (nSPS) is 11.2. The van der Waals surface area contributed by atoms with Gasteiger partial charge in [0.1, 0.15) is 18.1 Å². The summed E-state index contributed by atoms with van der Waals surface area (Å²) in [6.07, 6.45) is 4.47. The first-order valence-corrected chi connectivity index (χ1v) is 9.47. The first kappa shape index (κ1) is 19.5. The Morgan fingerprint density at radius 2 is 1.87 bits per heavy atom. The zero-order valence-electron chi connectivity index (χ0n) is 14.4. The fraction of sp³-hybridized carbons (Fsp3) is 0.588. The molecule has 23 heavy (non-hydrogen) atoms. The SMILES string of the molecule is CCNC(=NCCCCSC)NCCOc1ccc(OC)cc1. The van der Waals surface area contributed by atoms with Crippen LogP contribution in [0.15, 0.2) is 29.3 Å². The summed E-state index contributed by atoms with van der Waals surface area (Å²) in [5.74, 6) is 3.73. The van der Waals surface area contributed by atoms with Crippen molar-refractivity contribution in [3.8, 4) is 11.5 Å². The molecule has 0 aliphatic heterocycles. The van der Waals surface area contributed by atoms with Crippen molar-refractivity contribution >= 4 is 17.7 Å². The summed E-state index contributed by atoms with van der Waals surface area (Å²) in [5, 5.41) is 6.54. The average Bonchev–Trinajstić information content (AvgIpc) is 2.59. The first-order valence-electron chi connectivity index (χ1n) is 8.08. The topological polar surface area (TPSA) is 54.9 Å². The van der Waals surface area contributed by atoms with Gasteiger partial charge in [-0.15, -0.1) is 0 Å².